The van der Waals surface area contributed by atoms with Crippen LogP contribution in [0.25, 0.3) is 0 Å². The molecule has 0 bridgehead atoms. The fraction of sp³-hybridized carbons (Fsp3) is 0. The van der Waals surface area contributed by atoms with Crippen molar-refractivity contribution in [2.45, 2.75) is 0 Å². The first kappa shape index (κ1) is 276. The van der Waals surface area contributed by atoms with Gasteiger partial charge in [0, 0.05) is 101 Å². The average molecular weight is 1530 g/mol. The number of hydrogen-bond donors (Lipinski definition) is 0. The molecule has 70 heavy (non-hydrogen) atoms. The molecular weight excluding hydrogens is 1520 g/mol. The Morgan fingerprint density at radius 1 is 0.171 bits per heavy atom. The molecule has 0 spiro atoms. The van der Waals surface area contributed by atoms with Gasteiger partial charge < -0.3 is 215 Å². The van der Waals surface area contributed by atoms with Gasteiger partial charge in [-0.25, -0.2) is 0 Å². The van der Waals surface area contributed by atoms with Crippen LogP contribution in [0.4, 0.5) is 0 Å². The molecular formula is H11Al3Ca3Fe3Mg3Na3O44Si11. The minimum atomic E-state index is -3.63. The largest absolute Gasteiger partial charge is 3.00 e. The Morgan fingerprint density at radius 3 is 0.171 bits per heavy atom. The van der Waals surface area contributed by atoms with Gasteiger partial charge in [-0.15, -0.1) is 0 Å². The van der Waals surface area contributed by atoms with Crippen molar-refractivity contribution in [2.24, 2.45) is 0 Å². The fourth-order valence-corrected chi connectivity index (χ4v) is 0. The first-order valence-corrected chi connectivity index (χ1v) is 20.2. The summed E-state index contributed by atoms with van der Waals surface area (Å²) in [7, 11) is -39.9. The second-order valence-electron chi connectivity index (χ2n) is 2.75. The van der Waals surface area contributed by atoms with Gasteiger partial charge in [-0.05, 0) is 0 Å². The van der Waals surface area contributed by atoms with Crippen molar-refractivity contribution in [3.05, 3.63) is 0 Å². The van der Waals surface area contributed by atoms with Crippen LogP contribution in [0.5, 0.6) is 0 Å². The van der Waals surface area contributed by atoms with E-state index in [0.717, 1.165) is 0 Å². The van der Waals surface area contributed by atoms with Gasteiger partial charge in [0.15, 0.2) is 0 Å². The van der Waals surface area contributed by atoms with Crippen LogP contribution in [0, 0.1) is 0 Å². The van der Waals surface area contributed by atoms with Crippen LogP contribution < -0.4 is 194 Å². The Labute approximate surface area is 676 Å². The van der Waals surface area contributed by atoms with Crippen LogP contribution in [0.2, 0.25) is 0 Å². The second kappa shape index (κ2) is 266. The molecule has 0 saturated heterocycles. The summed E-state index contributed by atoms with van der Waals surface area (Å²) in [5.74, 6) is 0. The molecule has 0 aliphatic carbocycles. The first-order valence-electron chi connectivity index (χ1n) is 6.74. The Balaban J connectivity index is -0.00000000471. The maximum absolute atomic E-state index is 8.52. The third-order valence-corrected chi connectivity index (χ3v) is 0. The third kappa shape index (κ3) is 7320. The molecule has 0 aliphatic rings. The molecule has 0 rings (SSSR count). The quantitative estimate of drug-likeness (QED) is 0.203. The van der Waals surface area contributed by atoms with E-state index < -0.39 is 101 Å². The summed E-state index contributed by atoms with van der Waals surface area (Å²) < 4.78 is 93.7. The molecule has 0 aliphatic heterocycles. The predicted molar refractivity (Wildman–Crippen MR) is 144 cm³/mol. The van der Waals surface area contributed by atoms with Gasteiger partial charge >= 0.3 is 374 Å². The Hall–Kier alpha value is 7.58. The number of rotatable bonds is 0. The molecule has 70 heteroatoms. The smallest absolute Gasteiger partial charge is 0.870 e. The van der Waals surface area contributed by atoms with Crippen molar-refractivity contribution >= 4 is 335 Å². The average Bonchev–Trinajstić information content (AvgIpc) is 2.55. The second-order valence-corrected chi connectivity index (χ2v) is 8.25. The van der Waals surface area contributed by atoms with Crippen LogP contribution in [0.3, 0.4) is 0 Å². The minimum absolute atomic E-state index is 0. The van der Waals surface area contributed by atoms with Crippen molar-refractivity contribution < 1.29 is 355 Å². The molecule has 0 aromatic rings. The van der Waals surface area contributed by atoms with Crippen LogP contribution in [0.1, 0.15) is 0 Å². The summed E-state index contributed by atoms with van der Waals surface area (Å²) in [6.45, 7) is 0. The zero-order valence-corrected chi connectivity index (χ0v) is 68.6. The molecule has 11 N–H and O–H groups in total. The predicted octanol–water partition coefficient (Wildman–Crippen LogP) is -46.0. The van der Waals surface area contributed by atoms with E-state index in [2.05, 4.69) is 0 Å². The van der Waals surface area contributed by atoms with E-state index in [9.17, 15) is 0 Å². The SMILES string of the molecule is O=[Si]([O-])[O-].O=[Si]([O-])[O-].O=[Si]([O-])[O-].O=[Si]([O-])[O-].O=[Si]([O-])[O-].O=[Si]([O-])[O-].O=[Si]([O-])[O-].O=[Si]([O-])[O-].O=[Si]([O-])[O-].O=[Si]([O-])[O-].O=[Si]([O-])[O-].[Al+3].[Al+3].[Al+3].[Ca+2].[Ca+2].[Ca+2].[Fe+3].[Fe+3].[Fe+3].[Mg+2].[Mg+2].[Mg+2].[Na+].[Na+].[Na+].[OH-].[OH-].[OH-].[OH-].[OH-].[OH-].[OH-].[OH-].[OH-].[OH-].[OH-]. The normalized spacial score (nSPS) is 3.77. The monoisotopic (exact) mass is 1530 g/mol. The van der Waals surface area contributed by atoms with Crippen molar-refractivity contribution in [3.63, 3.8) is 0 Å². The molecule has 0 fully saturated rings. The van der Waals surface area contributed by atoms with Gasteiger partial charge in [-0.2, -0.15) is 0 Å². The topological polar surface area (TPSA) is 1030 Å². The zero-order chi connectivity index (χ0) is 39.4. The maximum Gasteiger partial charge on any atom is 3.00 e. The number of hydrogen-bond acceptors (Lipinski definition) is 44. The van der Waals surface area contributed by atoms with E-state index in [-0.39, 0.29) is 435 Å². The molecule has 0 atom stereocenters. The first-order chi connectivity index (χ1) is 19.1. The summed E-state index contributed by atoms with van der Waals surface area (Å²) in [5.41, 5.74) is 0. The summed E-state index contributed by atoms with van der Waals surface area (Å²) in [5, 5.41) is 0. The van der Waals surface area contributed by atoms with E-state index >= 15 is 0 Å². The van der Waals surface area contributed by atoms with Crippen LogP contribution in [-0.2, 0) is 100 Å². The van der Waals surface area contributed by atoms with E-state index in [0.29, 0.717) is 0 Å². The van der Waals surface area contributed by atoms with E-state index in [1.54, 1.807) is 0 Å². The van der Waals surface area contributed by atoms with Crippen molar-refractivity contribution in [1.29, 1.82) is 0 Å². The Bertz CT molecular complexity index is 609. The molecule has 0 aromatic carbocycles. The summed E-state index contributed by atoms with van der Waals surface area (Å²) >= 11 is 0. The van der Waals surface area contributed by atoms with Crippen molar-refractivity contribution in [3.8, 4) is 0 Å². The van der Waals surface area contributed by atoms with Crippen LogP contribution in [-0.4, -0.2) is 396 Å². The van der Waals surface area contributed by atoms with Gasteiger partial charge in [-0.3, -0.25) is 0 Å². The van der Waals surface area contributed by atoms with Gasteiger partial charge in [0.05, 0.1) is 0 Å². The standard InChI is InChI=1S/3Al.3Ca.3Fe.3Mg.3Na.11O3Si.11H2O/c;;;;;;;;;;;;;;;11*1-4(2)3;;;;;;;;;;;/h;;;;;;;;;;;;;;;;;;;;;;;;;;11*1H2/q3*+3;3*+2;3*+3;3*+2;3*+1;11*-2;;;;;;;;;;;/p-11. The van der Waals surface area contributed by atoms with Gasteiger partial charge in [-0.1, -0.05) is 0 Å². The molecule has 3 radical (unpaired) electrons. The van der Waals surface area contributed by atoms with Gasteiger partial charge in [0.1, 0.15) is 0 Å². The molecule has 44 nitrogen and oxygen atoms in total. The van der Waals surface area contributed by atoms with Gasteiger partial charge in [0.2, 0.25) is 0 Å². The van der Waals surface area contributed by atoms with Crippen molar-refractivity contribution in [2.75, 3.05) is 0 Å². The molecule has 0 amide bonds. The Kier molecular flexibility index (Phi) is 1050. The van der Waals surface area contributed by atoms with Gasteiger partial charge in [0.25, 0.3) is 0 Å². The molecule has 0 aromatic heterocycles. The van der Waals surface area contributed by atoms with E-state index in [1.165, 1.54) is 0 Å². The van der Waals surface area contributed by atoms with Crippen molar-refractivity contribution in [1.82, 2.24) is 0 Å². The summed E-state index contributed by atoms with van der Waals surface area (Å²) in [6.07, 6.45) is 0. The molecule has 0 saturated carbocycles. The minimum Gasteiger partial charge on any atom is -0.870 e. The Morgan fingerprint density at radius 2 is 0.171 bits per heavy atom. The molecule has 367 valence electrons. The third-order valence-electron chi connectivity index (χ3n) is 0. The van der Waals surface area contributed by atoms with E-state index in [1.807, 2.05) is 0 Å². The van der Waals surface area contributed by atoms with E-state index in [4.69, 9.17) is 155 Å². The zero-order valence-electron chi connectivity index (χ0n) is 33.9. The molecule has 0 heterocycles. The summed E-state index contributed by atoms with van der Waals surface area (Å²) in [4.78, 5) is 187. The van der Waals surface area contributed by atoms with Crippen LogP contribution >= 0.6 is 0 Å². The van der Waals surface area contributed by atoms with Crippen LogP contribution in [0.15, 0.2) is 0 Å². The maximum atomic E-state index is 8.52. The molecule has 0 unspecified atom stereocenters. The summed E-state index contributed by atoms with van der Waals surface area (Å²) in [6, 6.07) is 0. The fourth-order valence-electron chi connectivity index (χ4n) is 0.